The first-order valence-corrected chi connectivity index (χ1v) is 5.95. The van der Waals surface area contributed by atoms with Crippen LogP contribution in [0.25, 0.3) is 0 Å². The van der Waals surface area contributed by atoms with Crippen LogP contribution in [0, 0.1) is 10.1 Å². The van der Waals surface area contributed by atoms with Gasteiger partial charge in [0.2, 0.25) is 0 Å². The second-order valence-corrected chi connectivity index (χ2v) is 4.20. The van der Waals surface area contributed by atoms with Gasteiger partial charge < -0.3 is 19.9 Å². The minimum absolute atomic E-state index is 0.0424. The van der Waals surface area contributed by atoms with Crippen molar-refractivity contribution < 1.29 is 19.6 Å². The number of nitro groups is 1. The lowest BCUT2D eigenvalue weighted by Gasteiger charge is -2.14. The molecule has 20 heavy (non-hydrogen) atoms. The minimum atomic E-state index is -0.529. The third-order valence-electron chi connectivity index (χ3n) is 2.88. The highest BCUT2D eigenvalue weighted by Gasteiger charge is 2.15. The Hall–Kier alpha value is -2.38. The zero-order valence-corrected chi connectivity index (χ0v) is 10.5. The van der Waals surface area contributed by atoms with Gasteiger partial charge in [0.05, 0.1) is 23.8 Å². The van der Waals surface area contributed by atoms with Crippen LogP contribution in [0.5, 0.6) is 5.75 Å². The van der Waals surface area contributed by atoms with E-state index in [1.807, 2.05) is 0 Å². The summed E-state index contributed by atoms with van der Waals surface area (Å²) in [6, 6.07) is 6.76. The van der Waals surface area contributed by atoms with E-state index in [0.29, 0.717) is 11.3 Å². The predicted molar refractivity (Wildman–Crippen MR) is 70.1 cm³/mol. The van der Waals surface area contributed by atoms with Crippen LogP contribution in [0.1, 0.15) is 17.4 Å². The van der Waals surface area contributed by atoms with Crippen LogP contribution in [0.4, 0.5) is 5.69 Å². The summed E-state index contributed by atoms with van der Waals surface area (Å²) in [6.07, 6.45) is 1.49. The number of nitrogens with one attached hydrogen (secondary N) is 1. The van der Waals surface area contributed by atoms with Crippen LogP contribution in [0.15, 0.2) is 41.0 Å². The Labute approximate surface area is 114 Å². The maximum atomic E-state index is 10.7. The molecule has 7 heteroatoms. The molecule has 3 N–H and O–H groups in total. The summed E-state index contributed by atoms with van der Waals surface area (Å²) in [5, 5.41) is 32.6. The van der Waals surface area contributed by atoms with Crippen molar-refractivity contribution in [1.82, 2.24) is 5.32 Å². The van der Waals surface area contributed by atoms with E-state index in [1.165, 1.54) is 24.5 Å². The SMILES string of the molecule is O=[N+]([O-])c1ccc(O)c(CNC(CO)c2ccco2)c1. The molecule has 0 saturated carbocycles. The van der Waals surface area contributed by atoms with E-state index in [1.54, 1.807) is 12.1 Å². The fourth-order valence-electron chi connectivity index (χ4n) is 1.80. The van der Waals surface area contributed by atoms with Crippen LogP contribution in [-0.2, 0) is 6.54 Å². The number of aliphatic hydroxyl groups excluding tert-OH is 1. The molecule has 0 bridgehead atoms. The van der Waals surface area contributed by atoms with E-state index < -0.39 is 11.0 Å². The molecular formula is C13H14N2O5. The number of phenolic OH excluding ortho intramolecular Hbond substituents is 1. The Bertz CT molecular complexity index is 582. The summed E-state index contributed by atoms with van der Waals surface area (Å²) in [4.78, 5) is 10.2. The number of furan rings is 1. The van der Waals surface area contributed by atoms with E-state index in [2.05, 4.69) is 5.32 Å². The third-order valence-corrected chi connectivity index (χ3v) is 2.88. The van der Waals surface area contributed by atoms with Crippen molar-refractivity contribution in [2.45, 2.75) is 12.6 Å². The van der Waals surface area contributed by atoms with Crippen LogP contribution < -0.4 is 5.32 Å². The smallest absolute Gasteiger partial charge is 0.270 e. The Morgan fingerprint density at radius 2 is 2.20 bits per heavy atom. The monoisotopic (exact) mass is 278 g/mol. The zero-order chi connectivity index (χ0) is 14.5. The van der Waals surface area contributed by atoms with Crippen molar-refractivity contribution in [3.8, 4) is 5.75 Å². The molecule has 7 nitrogen and oxygen atoms in total. The molecule has 1 unspecified atom stereocenters. The van der Waals surface area contributed by atoms with Gasteiger partial charge in [0.1, 0.15) is 11.5 Å². The summed E-state index contributed by atoms with van der Waals surface area (Å²) >= 11 is 0. The number of non-ortho nitro benzene ring substituents is 1. The number of phenols is 1. The van der Waals surface area contributed by atoms with Gasteiger partial charge in [0.15, 0.2) is 0 Å². The standard InChI is InChI=1S/C13H14N2O5/c16-8-11(13-2-1-5-20-13)14-7-9-6-10(15(18)19)3-4-12(9)17/h1-6,11,14,16-17H,7-8H2. The van der Waals surface area contributed by atoms with Crippen molar-refractivity contribution in [2.75, 3.05) is 6.61 Å². The second-order valence-electron chi connectivity index (χ2n) is 4.20. The molecule has 0 aliphatic heterocycles. The highest BCUT2D eigenvalue weighted by molar-refractivity contribution is 5.42. The highest BCUT2D eigenvalue weighted by Crippen LogP contribution is 2.23. The lowest BCUT2D eigenvalue weighted by Crippen LogP contribution is -2.23. The number of aromatic hydroxyl groups is 1. The molecule has 2 aromatic rings. The third kappa shape index (κ3) is 3.14. The molecule has 1 aromatic carbocycles. The van der Waals surface area contributed by atoms with Gasteiger partial charge in [0.25, 0.3) is 5.69 Å². The maximum Gasteiger partial charge on any atom is 0.270 e. The van der Waals surface area contributed by atoms with Gasteiger partial charge in [-0.2, -0.15) is 0 Å². The first kappa shape index (κ1) is 14.0. The molecule has 1 atom stereocenters. The number of hydrogen-bond donors (Lipinski definition) is 3. The summed E-state index contributed by atoms with van der Waals surface area (Å²) in [7, 11) is 0. The quantitative estimate of drug-likeness (QED) is 0.548. The molecule has 0 aliphatic rings. The minimum Gasteiger partial charge on any atom is -0.508 e. The highest BCUT2D eigenvalue weighted by atomic mass is 16.6. The Morgan fingerprint density at radius 3 is 2.80 bits per heavy atom. The van der Waals surface area contributed by atoms with Crippen molar-refractivity contribution >= 4 is 5.69 Å². The second kappa shape index (κ2) is 6.18. The number of hydrogen-bond acceptors (Lipinski definition) is 6. The molecule has 1 aromatic heterocycles. The molecule has 0 spiro atoms. The number of nitro benzene ring substituents is 1. The van der Waals surface area contributed by atoms with Crippen molar-refractivity contribution in [3.63, 3.8) is 0 Å². The Balaban J connectivity index is 2.10. The van der Waals surface area contributed by atoms with E-state index >= 15 is 0 Å². The van der Waals surface area contributed by atoms with Gasteiger partial charge in [-0.05, 0) is 18.2 Å². The molecule has 106 valence electrons. The van der Waals surface area contributed by atoms with Crippen molar-refractivity contribution in [2.24, 2.45) is 0 Å². The maximum absolute atomic E-state index is 10.7. The van der Waals surface area contributed by atoms with Crippen LogP contribution >= 0.6 is 0 Å². The summed E-state index contributed by atoms with van der Waals surface area (Å²) in [6.45, 7) is -0.0252. The molecule has 0 radical (unpaired) electrons. The number of aliphatic hydroxyl groups is 1. The molecular weight excluding hydrogens is 264 g/mol. The first-order valence-electron chi connectivity index (χ1n) is 5.95. The number of benzene rings is 1. The number of nitrogens with zero attached hydrogens (tertiary/aromatic N) is 1. The summed E-state index contributed by atoms with van der Waals surface area (Å²) < 4.78 is 5.17. The molecule has 0 aliphatic carbocycles. The summed E-state index contributed by atoms with van der Waals surface area (Å²) in [5.74, 6) is 0.511. The lowest BCUT2D eigenvalue weighted by atomic mass is 10.1. The Morgan fingerprint density at radius 1 is 1.40 bits per heavy atom. The first-order chi connectivity index (χ1) is 9.61. The molecule has 2 rings (SSSR count). The zero-order valence-electron chi connectivity index (χ0n) is 10.5. The molecule has 0 saturated heterocycles. The van der Waals surface area contributed by atoms with Crippen LogP contribution in [0.3, 0.4) is 0 Å². The van der Waals surface area contributed by atoms with E-state index in [9.17, 15) is 20.3 Å². The lowest BCUT2D eigenvalue weighted by molar-refractivity contribution is -0.384. The van der Waals surface area contributed by atoms with Gasteiger partial charge >= 0.3 is 0 Å². The fourth-order valence-corrected chi connectivity index (χ4v) is 1.80. The number of rotatable bonds is 6. The average Bonchev–Trinajstić information content (AvgIpc) is 2.95. The summed E-state index contributed by atoms with van der Waals surface area (Å²) in [5.41, 5.74) is 0.280. The van der Waals surface area contributed by atoms with Crippen LogP contribution in [-0.4, -0.2) is 21.7 Å². The van der Waals surface area contributed by atoms with Gasteiger partial charge in [-0.3, -0.25) is 10.1 Å². The molecule has 0 amide bonds. The van der Waals surface area contributed by atoms with Gasteiger partial charge in [0, 0.05) is 24.2 Å². The fraction of sp³-hybridized carbons (Fsp3) is 0.231. The predicted octanol–water partition coefficient (Wildman–Crippen LogP) is 1.72. The van der Waals surface area contributed by atoms with Crippen molar-refractivity contribution in [3.05, 3.63) is 58.0 Å². The van der Waals surface area contributed by atoms with Gasteiger partial charge in [-0.25, -0.2) is 0 Å². The van der Waals surface area contributed by atoms with Crippen LogP contribution in [0.2, 0.25) is 0 Å². The molecule has 0 fully saturated rings. The normalized spacial score (nSPS) is 12.2. The topological polar surface area (TPSA) is 109 Å². The average molecular weight is 278 g/mol. The largest absolute Gasteiger partial charge is 0.508 e. The van der Waals surface area contributed by atoms with E-state index in [0.717, 1.165) is 0 Å². The van der Waals surface area contributed by atoms with E-state index in [-0.39, 0.29) is 24.6 Å². The van der Waals surface area contributed by atoms with Gasteiger partial charge in [-0.15, -0.1) is 0 Å². The van der Waals surface area contributed by atoms with Crippen molar-refractivity contribution in [1.29, 1.82) is 0 Å². The van der Waals surface area contributed by atoms with Gasteiger partial charge in [-0.1, -0.05) is 0 Å². The van der Waals surface area contributed by atoms with E-state index in [4.69, 9.17) is 4.42 Å². The molecule has 1 heterocycles. The Kier molecular flexibility index (Phi) is 4.34.